The highest BCUT2D eigenvalue weighted by molar-refractivity contribution is 6.05. The van der Waals surface area contributed by atoms with Crippen LogP contribution in [-0.2, 0) is 22.6 Å². The van der Waals surface area contributed by atoms with E-state index in [0.29, 0.717) is 30.2 Å². The molecular formula is C47H52N6O4. The van der Waals surface area contributed by atoms with Crippen molar-refractivity contribution in [1.29, 1.82) is 0 Å². The molecule has 3 amide bonds. The fraction of sp³-hybridized carbons (Fsp3) is 0.404. The van der Waals surface area contributed by atoms with Crippen molar-refractivity contribution in [3.8, 4) is 5.75 Å². The molecule has 5 aliphatic rings. The Morgan fingerprint density at radius 3 is 2.19 bits per heavy atom. The molecule has 10 heteroatoms. The number of nitrogens with one attached hydrogen (secondary N) is 1. The zero-order chi connectivity index (χ0) is 39.2. The normalized spacial score (nSPS) is 20.8. The quantitative estimate of drug-likeness (QED) is 0.206. The minimum Gasteiger partial charge on any atom is -0.508 e. The number of nitrogens with zero attached hydrogens (tertiary/aromatic N) is 5. The van der Waals surface area contributed by atoms with Gasteiger partial charge >= 0.3 is 0 Å². The number of carbonyl (C=O) groups is 3. The van der Waals surface area contributed by atoms with Crippen LogP contribution in [-0.4, -0.2) is 89.5 Å². The average molecular weight is 765 g/mol. The van der Waals surface area contributed by atoms with Crippen molar-refractivity contribution < 1.29 is 19.5 Å². The Hall–Kier alpha value is -5.48. The van der Waals surface area contributed by atoms with E-state index >= 15 is 0 Å². The van der Waals surface area contributed by atoms with Gasteiger partial charge in [-0.25, -0.2) is 0 Å². The number of allylic oxidation sites excluding steroid dienone is 1. The van der Waals surface area contributed by atoms with Gasteiger partial charge in [0.15, 0.2) is 0 Å². The smallest absolute Gasteiger partial charge is 0.255 e. The van der Waals surface area contributed by atoms with Gasteiger partial charge in [0.25, 0.3) is 5.91 Å². The number of hydrogen-bond acceptors (Lipinski definition) is 8. The first kappa shape index (κ1) is 37.1. The highest BCUT2D eigenvalue weighted by atomic mass is 16.3. The van der Waals surface area contributed by atoms with Crippen molar-refractivity contribution >= 4 is 40.2 Å². The number of hydrogen-bond donors (Lipinski definition) is 2. The molecule has 9 rings (SSSR count). The van der Waals surface area contributed by atoms with Crippen LogP contribution in [0.25, 0.3) is 11.1 Å². The fourth-order valence-corrected chi connectivity index (χ4v) is 9.90. The third-order valence-electron chi connectivity index (χ3n) is 13.0. The molecule has 0 spiro atoms. The summed E-state index contributed by atoms with van der Waals surface area (Å²) < 4.78 is 0. The Kier molecular flexibility index (Phi) is 10.1. The van der Waals surface area contributed by atoms with Crippen molar-refractivity contribution in [3.05, 3.63) is 118 Å². The second kappa shape index (κ2) is 15.5. The van der Waals surface area contributed by atoms with Crippen molar-refractivity contribution in [2.75, 3.05) is 55.6 Å². The highest BCUT2D eigenvalue weighted by Crippen LogP contribution is 2.42. The molecule has 2 N–H and O–H groups in total. The van der Waals surface area contributed by atoms with Gasteiger partial charge in [-0.2, -0.15) is 0 Å². The Bertz CT molecular complexity index is 2250. The number of pyridine rings is 1. The molecule has 4 aromatic rings. The van der Waals surface area contributed by atoms with Crippen LogP contribution in [0.2, 0.25) is 0 Å². The number of piperazine rings is 1. The maximum atomic E-state index is 13.2. The van der Waals surface area contributed by atoms with Crippen LogP contribution < -0.4 is 15.1 Å². The van der Waals surface area contributed by atoms with E-state index in [1.165, 1.54) is 51.9 Å². The molecular weight excluding hydrogens is 713 g/mol. The van der Waals surface area contributed by atoms with Gasteiger partial charge in [0.05, 0.1) is 0 Å². The van der Waals surface area contributed by atoms with Crippen molar-refractivity contribution in [1.82, 2.24) is 20.1 Å². The lowest BCUT2D eigenvalue weighted by atomic mass is 9.87. The summed E-state index contributed by atoms with van der Waals surface area (Å²) >= 11 is 0. The topological polar surface area (TPSA) is 109 Å². The predicted molar refractivity (Wildman–Crippen MR) is 223 cm³/mol. The molecule has 3 fully saturated rings. The summed E-state index contributed by atoms with van der Waals surface area (Å²) in [4.78, 5) is 51.3. The molecule has 5 heterocycles. The van der Waals surface area contributed by atoms with Crippen LogP contribution >= 0.6 is 0 Å². The molecule has 1 aliphatic carbocycles. The Morgan fingerprint density at radius 1 is 0.719 bits per heavy atom. The highest BCUT2D eigenvalue weighted by Gasteiger charge is 2.39. The number of phenolic OH excluding ortho intramolecular Hbond substituents is 1. The molecule has 0 radical (unpaired) electrons. The van der Waals surface area contributed by atoms with Crippen molar-refractivity contribution in [2.45, 2.75) is 71.4 Å². The number of aryl methyl sites for hydroxylation is 3. The average Bonchev–Trinajstić information content (AvgIpc) is 3.41. The molecule has 1 unspecified atom stereocenters. The third-order valence-corrected chi connectivity index (χ3v) is 13.0. The van der Waals surface area contributed by atoms with E-state index in [2.05, 4.69) is 75.5 Å². The Morgan fingerprint density at radius 2 is 1.44 bits per heavy atom. The fourth-order valence-electron chi connectivity index (χ4n) is 9.90. The number of carbonyl (C=O) groups excluding carboxylic acids is 3. The summed E-state index contributed by atoms with van der Waals surface area (Å²) in [5.41, 5.74) is 13.5. The molecule has 4 aliphatic heterocycles. The Labute approximate surface area is 335 Å². The molecule has 1 atom stereocenters. The number of fused-ring (bicyclic) bond motifs is 2. The molecule has 0 saturated carbocycles. The van der Waals surface area contributed by atoms with Gasteiger partial charge in [0.1, 0.15) is 11.8 Å². The number of anilines is 2. The van der Waals surface area contributed by atoms with Crippen molar-refractivity contribution in [3.63, 3.8) is 0 Å². The first-order chi connectivity index (χ1) is 27.7. The summed E-state index contributed by atoms with van der Waals surface area (Å²) in [7, 11) is 0. The number of benzene rings is 3. The van der Waals surface area contributed by atoms with Gasteiger partial charge < -0.3 is 19.8 Å². The van der Waals surface area contributed by atoms with E-state index in [0.717, 1.165) is 87.7 Å². The van der Waals surface area contributed by atoms with Gasteiger partial charge in [-0.3, -0.25) is 29.6 Å². The lowest BCUT2D eigenvalue weighted by Gasteiger charge is -2.40. The van der Waals surface area contributed by atoms with E-state index in [1.807, 2.05) is 31.2 Å². The van der Waals surface area contributed by atoms with E-state index in [1.54, 1.807) is 4.90 Å². The molecule has 3 aromatic carbocycles. The molecule has 1 aromatic heterocycles. The van der Waals surface area contributed by atoms with E-state index in [9.17, 15) is 19.5 Å². The number of aromatic hydroxyl groups is 1. The van der Waals surface area contributed by atoms with Gasteiger partial charge in [-0.05, 0) is 146 Å². The lowest BCUT2D eigenvalue weighted by Crippen LogP contribution is -2.52. The number of aromatic nitrogens is 1. The largest absolute Gasteiger partial charge is 0.508 e. The van der Waals surface area contributed by atoms with E-state index in [4.69, 9.17) is 4.98 Å². The maximum Gasteiger partial charge on any atom is 0.255 e. The third kappa shape index (κ3) is 7.43. The van der Waals surface area contributed by atoms with Gasteiger partial charge in [-0.15, -0.1) is 0 Å². The number of phenols is 1. The summed E-state index contributed by atoms with van der Waals surface area (Å²) in [5, 5.41) is 12.7. The molecule has 3 saturated heterocycles. The predicted octanol–water partition coefficient (Wildman–Crippen LogP) is 6.50. The summed E-state index contributed by atoms with van der Waals surface area (Å²) in [5.74, 6) is 0.232. The van der Waals surface area contributed by atoms with Crippen LogP contribution in [0.4, 0.5) is 11.4 Å². The van der Waals surface area contributed by atoms with E-state index < -0.39 is 6.04 Å². The number of amides is 3. The van der Waals surface area contributed by atoms with Crippen molar-refractivity contribution in [2.24, 2.45) is 5.92 Å². The standard InChI is InChI=1S/C47H52N6O4/c1-30-6-13-39(31(2)48-30)42-5-3-4-34-27-38(54)12-15-40(34)45(42)33-7-9-36(10-8-33)51-20-18-32(19-21-51)28-50-22-24-52(25-23-50)37-11-14-41-35(26-37)29-53(47(41)57)43-16-17-44(55)49-46(43)56/h6-15,26-27,32,43,54H,3-5,16-25,28-29H2,1-2H3,(H,49,55,56). The number of piperidine rings is 2. The number of imide groups is 1. The van der Waals surface area contributed by atoms with Crippen LogP contribution in [0.1, 0.15) is 88.1 Å². The first-order valence-corrected chi connectivity index (χ1v) is 20.8. The summed E-state index contributed by atoms with van der Waals surface area (Å²) in [6.45, 7) is 11.7. The monoisotopic (exact) mass is 764 g/mol. The molecule has 10 nitrogen and oxygen atoms in total. The summed E-state index contributed by atoms with van der Waals surface area (Å²) in [6, 6.07) is 24.9. The second-order valence-electron chi connectivity index (χ2n) is 16.6. The molecule has 0 bridgehead atoms. The van der Waals surface area contributed by atoms with Crippen LogP contribution in [0, 0.1) is 19.8 Å². The summed E-state index contributed by atoms with van der Waals surface area (Å²) in [6.07, 6.45) is 5.91. The molecule has 57 heavy (non-hydrogen) atoms. The maximum absolute atomic E-state index is 13.2. The second-order valence-corrected chi connectivity index (χ2v) is 16.6. The van der Waals surface area contributed by atoms with Crippen LogP contribution in [0.3, 0.4) is 0 Å². The van der Waals surface area contributed by atoms with Gasteiger partial charge in [-0.1, -0.05) is 24.3 Å². The Balaban J connectivity index is 0.810. The number of rotatable bonds is 7. The van der Waals surface area contributed by atoms with Gasteiger partial charge in [0, 0.05) is 87.1 Å². The molecule has 294 valence electrons. The van der Waals surface area contributed by atoms with Crippen LogP contribution in [0.15, 0.2) is 72.8 Å². The first-order valence-electron chi connectivity index (χ1n) is 20.8. The SMILES string of the molecule is Cc1ccc(C2=C(c3ccc(N4CCC(CN5CCN(c6ccc7c(c6)CN(C6CCC(=O)NC6=O)C7=O)CC5)CC4)cc3)c3ccc(O)cc3CCC2)c(C)n1. The lowest BCUT2D eigenvalue weighted by molar-refractivity contribution is -0.136. The zero-order valence-corrected chi connectivity index (χ0v) is 33.1. The zero-order valence-electron chi connectivity index (χ0n) is 33.1. The van der Waals surface area contributed by atoms with Gasteiger partial charge in [0.2, 0.25) is 11.8 Å². The minimum absolute atomic E-state index is 0.124. The van der Waals surface area contributed by atoms with Crippen LogP contribution in [0.5, 0.6) is 5.75 Å². The van der Waals surface area contributed by atoms with E-state index in [-0.39, 0.29) is 24.1 Å². The minimum atomic E-state index is -0.590.